The van der Waals surface area contributed by atoms with Crippen LogP contribution in [-0.4, -0.2) is 42.5 Å². The number of non-ortho nitro benzene ring substituents is 1. The van der Waals surface area contributed by atoms with E-state index in [1.165, 1.54) is 19.2 Å². The summed E-state index contributed by atoms with van der Waals surface area (Å²) in [6.45, 7) is 4.60. The standard InChI is InChI=1S/C26H30N4O6/c1-4-6-14-28-21-13-10-19(30(34)35)15-17(21)16-26(22(28)7-5-2)23(31)27-25(33)29(24(26)32)18-8-11-20(36-3)12-9-18/h8-13,15,22H,4-7,14,16H2,1-3H3,(H,27,31,33)/t22-,26+/m1/s1. The number of carbonyl (C=O) groups excluding carboxylic acids is 3. The molecule has 4 rings (SSSR count). The van der Waals surface area contributed by atoms with Crippen LogP contribution in [0, 0.1) is 15.5 Å². The fourth-order valence-electron chi connectivity index (χ4n) is 5.31. The van der Waals surface area contributed by atoms with Crippen LogP contribution in [0.3, 0.4) is 0 Å². The molecule has 0 bridgehead atoms. The highest BCUT2D eigenvalue weighted by atomic mass is 16.6. The van der Waals surface area contributed by atoms with Crippen molar-refractivity contribution in [3.63, 3.8) is 0 Å². The molecular formula is C26H30N4O6. The summed E-state index contributed by atoms with van der Waals surface area (Å²) < 4.78 is 5.19. The van der Waals surface area contributed by atoms with Gasteiger partial charge >= 0.3 is 6.03 Å². The zero-order chi connectivity index (χ0) is 26.0. The Kier molecular flexibility index (Phi) is 6.96. The molecule has 0 saturated carbocycles. The number of carbonyl (C=O) groups is 3. The number of amides is 4. The summed E-state index contributed by atoms with van der Waals surface area (Å²) in [5, 5.41) is 13.9. The molecule has 36 heavy (non-hydrogen) atoms. The first-order chi connectivity index (χ1) is 17.3. The minimum Gasteiger partial charge on any atom is -0.497 e. The van der Waals surface area contributed by atoms with E-state index in [0.29, 0.717) is 36.4 Å². The molecule has 2 atom stereocenters. The second-order valence-corrected chi connectivity index (χ2v) is 9.17. The van der Waals surface area contributed by atoms with Gasteiger partial charge < -0.3 is 9.64 Å². The normalized spacial score (nSPS) is 21.4. The largest absolute Gasteiger partial charge is 0.497 e. The van der Waals surface area contributed by atoms with Crippen molar-refractivity contribution in [3.8, 4) is 5.75 Å². The Balaban J connectivity index is 1.89. The number of barbiturate groups is 1. The van der Waals surface area contributed by atoms with Gasteiger partial charge in [0, 0.05) is 30.8 Å². The van der Waals surface area contributed by atoms with Gasteiger partial charge in [-0.15, -0.1) is 0 Å². The van der Waals surface area contributed by atoms with Crippen LogP contribution >= 0.6 is 0 Å². The number of nitrogens with one attached hydrogen (secondary N) is 1. The molecule has 2 aromatic rings. The van der Waals surface area contributed by atoms with Crippen LogP contribution in [0.1, 0.15) is 45.1 Å². The summed E-state index contributed by atoms with van der Waals surface area (Å²) >= 11 is 0. The average molecular weight is 495 g/mol. The van der Waals surface area contributed by atoms with E-state index in [-0.39, 0.29) is 12.1 Å². The molecule has 10 nitrogen and oxygen atoms in total. The van der Waals surface area contributed by atoms with Crippen LogP contribution in [0.4, 0.5) is 21.9 Å². The summed E-state index contributed by atoms with van der Waals surface area (Å²) in [5.41, 5.74) is -0.1000. The van der Waals surface area contributed by atoms with Crippen molar-refractivity contribution in [2.45, 2.75) is 52.0 Å². The van der Waals surface area contributed by atoms with Gasteiger partial charge in [0.25, 0.3) is 11.6 Å². The van der Waals surface area contributed by atoms with Crippen molar-refractivity contribution in [2.24, 2.45) is 5.41 Å². The minimum absolute atomic E-state index is 0.0398. The Labute approximate surface area is 209 Å². The van der Waals surface area contributed by atoms with Crippen LogP contribution in [0.15, 0.2) is 42.5 Å². The molecule has 4 amide bonds. The second kappa shape index (κ2) is 9.96. The Morgan fingerprint density at radius 3 is 2.44 bits per heavy atom. The van der Waals surface area contributed by atoms with Gasteiger partial charge in [-0.25, -0.2) is 9.69 Å². The summed E-state index contributed by atoms with van der Waals surface area (Å²) in [4.78, 5) is 54.9. The predicted molar refractivity (Wildman–Crippen MR) is 134 cm³/mol. The molecule has 1 spiro atoms. The number of benzene rings is 2. The van der Waals surface area contributed by atoms with Crippen molar-refractivity contribution in [1.29, 1.82) is 0 Å². The van der Waals surface area contributed by atoms with E-state index < -0.39 is 34.2 Å². The third kappa shape index (κ3) is 4.06. The summed E-state index contributed by atoms with van der Waals surface area (Å²) in [6.07, 6.45) is 2.89. The van der Waals surface area contributed by atoms with Gasteiger partial charge in [0.2, 0.25) is 5.91 Å². The first kappa shape index (κ1) is 25.2. The smallest absolute Gasteiger partial charge is 0.335 e. The molecule has 1 fully saturated rings. The maximum Gasteiger partial charge on any atom is 0.335 e. The quantitative estimate of drug-likeness (QED) is 0.331. The maximum atomic E-state index is 14.3. The lowest BCUT2D eigenvalue weighted by molar-refractivity contribution is -0.384. The van der Waals surface area contributed by atoms with E-state index in [1.54, 1.807) is 30.3 Å². The number of nitro groups is 1. The molecular weight excluding hydrogens is 464 g/mol. The molecule has 0 aliphatic carbocycles. The van der Waals surface area contributed by atoms with E-state index in [0.717, 1.165) is 23.4 Å². The van der Waals surface area contributed by atoms with Crippen molar-refractivity contribution in [2.75, 3.05) is 23.5 Å². The zero-order valence-electron chi connectivity index (χ0n) is 20.7. The van der Waals surface area contributed by atoms with Gasteiger partial charge in [-0.2, -0.15) is 0 Å². The van der Waals surface area contributed by atoms with Gasteiger partial charge in [-0.3, -0.25) is 25.0 Å². The maximum absolute atomic E-state index is 14.3. The number of hydrogen-bond donors (Lipinski definition) is 1. The summed E-state index contributed by atoms with van der Waals surface area (Å²) in [6, 6.07) is 9.70. The van der Waals surface area contributed by atoms with Gasteiger partial charge in [0.15, 0.2) is 5.41 Å². The second-order valence-electron chi connectivity index (χ2n) is 9.17. The van der Waals surface area contributed by atoms with Gasteiger partial charge in [-0.05, 0) is 48.7 Å². The molecule has 10 heteroatoms. The topological polar surface area (TPSA) is 122 Å². The number of imide groups is 2. The lowest BCUT2D eigenvalue weighted by Gasteiger charge is -2.52. The zero-order valence-corrected chi connectivity index (χ0v) is 20.7. The summed E-state index contributed by atoms with van der Waals surface area (Å²) in [7, 11) is 1.51. The molecule has 1 saturated heterocycles. The molecule has 190 valence electrons. The number of unbranched alkanes of at least 4 members (excludes halogenated alkanes) is 1. The van der Waals surface area contributed by atoms with Gasteiger partial charge in [0.1, 0.15) is 5.75 Å². The molecule has 1 N–H and O–H groups in total. The van der Waals surface area contributed by atoms with Crippen LogP contribution in [0.2, 0.25) is 0 Å². The molecule has 2 heterocycles. The van der Waals surface area contributed by atoms with Crippen LogP contribution in [0.5, 0.6) is 5.75 Å². The van der Waals surface area contributed by atoms with Crippen LogP contribution < -0.4 is 19.9 Å². The highest BCUT2D eigenvalue weighted by molar-refractivity contribution is 6.30. The Morgan fingerprint density at radius 1 is 1.11 bits per heavy atom. The van der Waals surface area contributed by atoms with E-state index in [9.17, 15) is 24.5 Å². The number of fused-ring (bicyclic) bond motifs is 1. The lowest BCUT2D eigenvalue weighted by atomic mass is 9.67. The predicted octanol–water partition coefficient (Wildman–Crippen LogP) is 4.20. The number of nitrogens with zero attached hydrogens (tertiary/aromatic N) is 3. The van der Waals surface area contributed by atoms with E-state index >= 15 is 0 Å². The molecule has 0 unspecified atom stereocenters. The van der Waals surface area contributed by atoms with E-state index in [2.05, 4.69) is 5.32 Å². The number of urea groups is 1. The minimum atomic E-state index is -1.63. The van der Waals surface area contributed by atoms with Crippen molar-refractivity contribution < 1.29 is 24.0 Å². The van der Waals surface area contributed by atoms with Crippen LogP contribution in [0.25, 0.3) is 0 Å². The van der Waals surface area contributed by atoms with E-state index in [4.69, 9.17) is 4.74 Å². The van der Waals surface area contributed by atoms with Gasteiger partial charge in [-0.1, -0.05) is 26.7 Å². The Morgan fingerprint density at radius 2 is 1.83 bits per heavy atom. The number of methoxy groups -OCH3 is 1. The Bertz CT molecular complexity index is 1200. The molecule has 0 aromatic heterocycles. The molecule has 0 radical (unpaired) electrons. The van der Waals surface area contributed by atoms with Crippen molar-refractivity contribution >= 4 is 34.9 Å². The summed E-state index contributed by atoms with van der Waals surface area (Å²) in [5.74, 6) is -0.735. The number of anilines is 2. The highest BCUT2D eigenvalue weighted by Crippen LogP contribution is 2.47. The molecule has 2 aliphatic rings. The number of nitro benzene ring substituents is 1. The lowest BCUT2D eigenvalue weighted by Crippen LogP contribution is -2.72. The fourth-order valence-corrected chi connectivity index (χ4v) is 5.31. The Hall–Kier alpha value is -3.95. The molecule has 2 aliphatic heterocycles. The third-order valence-corrected chi connectivity index (χ3v) is 7.06. The monoisotopic (exact) mass is 494 g/mol. The SMILES string of the molecule is CCCCN1c2ccc([N+](=O)[O-])cc2C[C@@]2(C(=O)NC(=O)N(c3ccc(OC)cc3)C2=O)[C@H]1CCC. The average Bonchev–Trinajstić information content (AvgIpc) is 2.87. The van der Waals surface area contributed by atoms with Gasteiger partial charge in [0.05, 0.1) is 23.8 Å². The molecule has 2 aromatic carbocycles. The number of rotatable bonds is 8. The van der Waals surface area contributed by atoms with Crippen molar-refractivity contribution in [1.82, 2.24) is 5.32 Å². The van der Waals surface area contributed by atoms with Crippen molar-refractivity contribution in [3.05, 3.63) is 58.1 Å². The first-order valence-electron chi connectivity index (χ1n) is 12.2. The van der Waals surface area contributed by atoms with Crippen LogP contribution in [-0.2, 0) is 16.0 Å². The van der Waals surface area contributed by atoms with E-state index in [1.807, 2.05) is 18.7 Å². The fraction of sp³-hybridized carbons (Fsp3) is 0.423. The number of ether oxygens (including phenoxy) is 1. The highest BCUT2D eigenvalue weighted by Gasteiger charge is 2.62. The number of hydrogen-bond acceptors (Lipinski definition) is 7. The first-order valence-corrected chi connectivity index (χ1v) is 12.2. The third-order valence-electron chi connectivity index (χ3n) is 7.06.